The highest BCUT2D eigenvalue weighted by Crippen LogP contribution is 2.37. The van der Waals surface area contributed by atoms with Crippen LogP contribution in [0.25, 0.3) is 0 Å². The van der Waals surface area contributed by atoms with E-state index < -0.39 is 0 Å². The van der Waals surface area contributed by atoms with E-state index in [0.29, 0.717) is 5.41 Å². The molecule has 4 heterocycles. The van der Waals surface area contributed by atoms with Gasteiger partial charge in [-0.25, -0.2) is 0 Å². The van der Waals surface area contributed by atoms with Gasteiger partial charge in [0.1, 0.15) is 0 Å². The van der Waals surface area contributed by atoms with Crippen molar-refractivity contribution in [1.29, 1.82) is 0 Å². The largest absolute Gasteiger partial charge is 0.304 e. The van der Waals surface area contributed by atoms with Gasteiger partial charge in [0.15, 0.2) is 0 Å². The van der Waals surface area contributed by atoms with Gasteiger partial charge in [-0.05, 0) is 114 Å². The molecule has 4 rings (SSSR count). The van der Waals surface area contributed by atoms with Gasteiger partial charge in [-0.1, -0.05) is 54.9 Å². The third kappa shape index (κ3) is 8.97. The number of nitrogens with zero attached hydrogens (tertiary/aromatic N) is 3. The van der Waals surface area contributed by atoms with Gasteiger partial charge in [-0.3, -0.25) is 4.90 Å². The molecule has 0 spiro atoms. The summed E-state index contributed by atoms with van der Waals surface area (Å²) in [6, 6.07) is 1.91. The Hall–Kier alpha value is -0.120. The smallest absolute Gasteiger partial charge is 0.0101 e. The molecule has 3 nitrogen and oxygen atoms in total. The Bertz CT molecular complexity index is 433. The molecule has 184 valence electrons. The molecule has 4 aliphatic heterocycles. The van der Waals surface area contributed by atoms with E-state index in [9.17, 15) is 0 Å². The Morgan fingerprint density at radius 1 is 0.677 bits per heavy atom. The molecule has 0 aromatic heterocycles. The molecule has 0 N–H and O–H groups in total. The van der Waals surface area contributed by atoms with Crippen molar-refractivity contribution in [3.63, 3.8) is 0 Å². The molecular weight excluding hydrogens is 378 g/mol. The Morgan fingerprint density at radius 3 is 1.58 bits per heavy atom. The summed E-state index contributed by atoms with van der Waals surface area (Å²) in [6.07, 6.45) is 12.9. The summed E-state index contributed by atoms with van der Waals surface area (Å²) in [4.78, 5) is 7.80. The van der Waals surface area contributed by atoms with Crippen LogP contribution in [-0.2, 0) is 0 Å². The third-order valence-electron chi connectivity index (χ3n) is 8.87. The molecule has 2 bridgehead atoms. The predicted octanol–water partition coefficient (Wildman–Crippen LogP) is 6.53. The van der Waals surface area contributed by atoms with Gasteiger partial charge >= 0.3 is 0 Å². The predicted molar refractivity (Wildman–Crippen MR) is 138 cm³/mol. The van der Waals surface area contributed by atoms with Crippen LogP contribution in [-0.4, -0.2) is 72.6 Å². The van der Waals surface area contributed by atoms with Crippen LogP contribution < -0.4 is 0 Å². The van der Waals surface area contributed by atoms with Crippen molar-refractivity contribution in [1.82, 2.24) is 14.7 Å². The van der Waals surface area contributed by atoms with Crippen LogP contribution in [0, 0.1) is 17.3 Å². The zero-order valence-corrected chi connectivity index (χ0v) is 22.5. The summed E-state index contributed by atoms with van der Waals surface area (Å²) in [5.74, 6) is 2.03. The second-order valence-corrected chi connectivity index (χ2v) is 11.7. The number of hydrogen-bond acceptors (Lipinski definition) is 3. The highest BCUT2D eigenvalue weighted by molar-refractivity contribution is 4.93. The monoisotopic (exact) mass is 435 g/mol. The van der Waals surface area contributed by atoms with Crippen LogP contribution in [0.15, 0.2) is 0 Å². The lowest BCUT2D eigenvalue weighted by atomic mass is 9.83. The van der Waals surface area contributed by atoms with E-state index in [-0.39, 0.29) is 0 Å². The minimum absolute atomic E-state index is 0.617. The maximum atomic E-state index is 2.72. The van der Waals surface area contributed by atoms with Crippen LogP contribution in [0.4, 0.5) is 0 Å². The zero-order chi connectivity index (χ0) is 22.9. The van der Waals surface area contributed by atoms with Crippen molar-refractivity contribution in [2.75, 3.05) is 45.8 Å². The Morgan fingerprint density at radius 2 is 1.16 bits per heavy atom. The van der Waals surface area contributed by atoms with Crippen LogP contribution in [0.2, 0.25) is 0 Å². The van der Waals surface area contributed by atoms with Crippen molar-refractivity contribution in [2.24, 2.45) is 17.3 Å². The lowest BCUT2D eigenvalue weighted by Gasteiger charge is -2.36. The van der Waals surface area contributed by atoms with E-state index in [0.717, 1.165) is 23.9 Å². The van der Waals surface area contributed by atoms with E-state index >= 15 is 0 Å². The molecular formula is C28H57N3. The van der Waals surface area contributed by atoms with Gasteiger partial charge in [-0.15, -0.1) is 0 Å². The molecule has 4 saturated heterocycles. The topological polar surface area (TPSA) is 9.72 Å². The third-order valence-corrected chi connectivity index (χ3v) is 8.87. The first-order valence-electron chi connectivity index (χ1n) is 14.0. The van der Waals surface area contributed by atoms with Crippen LogP contribution in [0.5, 0.6) is 0 Å². The average Bonchev–Trinajstić information content (AvgIpc) is 3.04. The molecule has 0 aromatic carbocycles. The maximum Gasteiger partial charge on any atom is 0.0101 e. The van der Waals surface area contributed by atoms with E-state index in [4.69, 9.17) is 0 Å². The molecule has 0 amide bonds. The summed E-state index contributed by atoms with van der Waals surface area (Å²) in [5, 5.41) is 0. The Balaban J connectivity index is 0.000000166. The summed E-state index contributed by atoms with van der Waals surface area (Å²) in [6.45, 7) is 25.3. The summed E-state index contributed by atoms with van der Waals surface area (Å²) in [5.41, 5.74) is 0.617. The molecule has 0 aromatic rings. The lowest BCUT2D eigenvalue weighted by Crippen LogP contribution is -2.41. The fourth-order valence-corrected chi connectivity index (χ4v) is 6.25. The van der Waals surface area contributed by atoms with Crippen molar-refractivity contribution < 1.29 is 0 Å². The minimum atomic E-state index is 0.617. The van der Waals surface area contributed by atoms with Crippen LogP contribution >= 0.6 is 0 Å². The van der Waals surface area contributed by atoms with Crippen molar-refractivity contribution in [3.05, 3.63) is 0 Å². The Kier molecular flexibility index (Phi) is 11.9. The van der Waals surface area contributed by atoms with Gasteiger partial charge in [0.25, 0.3) is 0 Å². The molecule has 0 aliphatic carbocycles. The van der Waals surface area contributed by atoms with E-state index in [2.05, 4.69) is 63.2 Å². The first-order chi connectivity index (χ1) is 14.8. The van der Waals surface area contributed by atoms with E-state index in [1.165, 1.54) is 104 Å². The van der Waals surface area contributed by atoms with Gasteiger partial charge in [-0.2, -0.15) is 0 Å². The number of hydrogen-bond donors (Lipinski definition) is 0. The fraction of sp³-hybridized carbons (Fsp3) is 1.00. The first-order valence-corrected chi connectivity index (χ1v) is 14.0. The molecule has 2 atom stereocenters. The molecule has 4 fully saturated rings. The first kappa shape index (κ1) is 27.1. The minimum Gasteiger partial charge on any atom is -0.304 e. The summed E-state index contributed by atoms with van der Waals surface area (Å²) >= 11 is 0. The van der Waals surface area contributed by atoms with Crippen LogP contribution in [0.1, 0.15) is 106 Å². The number of likely N-dealkylation sites (tertiary alicyclic amines) is 2. The number of piperidine rings is 3. The van der Waals surface area contributed by atoms with Gasteiger partial charge in [0, 0.05) is 12.1 Å². The number of rotatable bonds is 4. The quantitative estimate of drug-likeness (QED) is 0.497. The second-order valence-electron chi connectivity index (χ2n) is 11.7. The standard InChI is InChI=1S/C10H19N.2C9H19N/c1-3-11-9-4-5-10(11)7-8(2)6-9;1-4-10-7-5-9(2,3)6-8-10;1-3-9-5-7-10(4-2)8-6-9/h8-10H,3-7H2,1-2H3;4-8H2,1-3H3;9H,3-8H2,1-2H3. The van der Waals surface area contributed by atoms with E-state index in [1.807, 2.05) is 0 Å². The molecule has 31 heavy (non-hydrogen) atoms. The average molecular weight is 436 g/mol. The fourth-order valence-electron chi connectivity index (χ4n) is 6.25. The summed E-state index contributed by atoms with van der Waals surface area (Å²) < 4.78 is 0. The molecule has 0 saturated carbocycles. The number of fused-ring (bicyclic) bond motifs is 2. The lowest BCUT2D eigenvalue weighted by molar-refractivity contribution is 0.117. The Labute approximate surface area is 196 Å². The normalized spacial score (nSPS) is 32.0. The van der Waals surface area contributed by atoms with Gasteiger partial charge in [0.2, 0.25) is 0 Å². The maximum absolute atomic E-state index is 2.72. The molecule has 4 aliphatic rings. The summed E-state index contributed by atoms with van der Waals surface area (Å²) in [7, 11) is 0. The van der Waals surface area contributed by atoms with Crippen LogP contribution in [0.3, 0.4) is 0 Å². The van der Waals surface area contributed by atoms with Gasteiger partial charge in [0.05, 0.1) is 0 Å². The van der Waals surface area contributed by atoms with Crippen molar-refractivity contribution in [2.45, 2.75) is 118 Å². The van der Waals surface area contributed by atoms with Gasteiger partial charge < -0.3 is 9.80 Å². The highest BCUT2D eigenvalue weighted by atomic mass is 15.2. The molecule has 3 heteroatoms. The van der Waals surface area contributed by atoms with Crippen molar-refractivity contribution >= 4 is 0 Å². The SMILES string of the molecule is CCC1CCN(CC)CC1.CCN1C2CCC1CC(C)C2.CCN1CCC(C)(C)CC1. The molecule has 0 radical (unpaired) electrons. The van der Waals surface area contributed by atoms with Crippen molar-refractivity contribution in [3.8, 4) is 0 Å². The highest BCUT2D eigenvalue weighted by Gasteiger charge is 2.37. The van der Waals surface area contributed by atoms with E-state index in [1.54, 1.807) is 0 Å². The zero-order valence-electron chi connectivity index (χ0n) is 22.5. The second kappa shape index (κ2) is 13.6. The molecule has 2 unspecified atom stereocenters.